The minimum atomic E-state index is -0.468. The van der Waals surface area contributed by atoms with Crippen LogP contribution in [0.4, 0.5) is 4.39 Å². The highest BCUT2D eigenvalue weighted by Gasteiger charge is 2.19. The van der Waals surface area contributed by atoms with E-state index in [9.17, 15) is 9.18 Å². The molecule has 0 heterocycles. The predicted molar refractivity (Wildman–Crippen MR) is 73.8 cm³/mol. The summed E-state index contributed by atoms with van der Waals surface area (Å²) in [5.74, 6) is -0.785. The number of nitrogens with one attached hydrogen (secondary N) is 1. The summed E-state index contributed by atoms with van der Waals surface area (Å²) in [6, 6.07) is 3.69. The largest absolute Gasteiger partial charge is 0.396 e. The fourth-order valence-electron chi connectivity index (χ4n) is 1.73. The minimum Gasteiger partial charge on any atom is -0.396 e. The van der Waals surface area contributed by atoms with Gasteiger partial charge in [0.1, 0.15) is 5.82 Å². The van der Waals surface area contributed by atoms with E-state index >= 15 is 0 Å². The molecule has 0 unspecified atom stereocenters. The van der Waals surface area contributed by atoms with Crippen molar-refractivity contribution in [2.24, 2.45) is 5.41 Å². The molecule has 2 N–H and O–H groups in total. The first-order valence-corrected chi connectivity index (χ1v) is 6.57. The summed E-state index contributed by atoms with van der Waals surface area (Å²) >= 11 is 5.82. The maximum absolute atomic E-state index is 12.9. The number of aliphatic hydroxyl groups excluding tert-OH is 1. The van der Waals surface area contributed by atoms with Gasteiger partial charge in [0.2, 0.25) is 0 Å². The van der Waals surface area contributed by atoms with E-state index in [4.69, 9.17) is 16.7 Å². The molecule has 0 aromatic heterocycles. The molecule has 0 aliphatic rings. The summed E-state index contributed by atoms with van der Waals surface area (Å²) in [5.41, 5.74) is 0.159. The molecule has 3 nitrogen and oxygen atoms in total. The number of hydrogen-bond acceptors (Lipinski definition) is 2. The lowest BCUT2D eigenvalue weighted by atomic mass is 9.88. The van der Waals surface area contributed by atoms with E-state index in [-0.39, 0.29) is 28.5 Å². The minimum absolute atomic E-state index is 0.102. The summed E-state index contributed by atoms with van der Waals surface area (Å²) in [5, 5.41) is 11.7. The number of benzene rings is 1. The number of rotatable bonds is 6. The highest BCUT2D eigenvalue weighted by atomic mass is 35.5. The first-order chi connectivity index (χ1) is 8.85. The Hall–Kier alpha value is -1.13. The molecule has 0 bridgehead atoms. The number of hydrogen-bond donors (Lipinski definition) is 2. The second-order valence-corrected chi connectivity index (χ2v) is 5.71. The maximum atomic E-state index is 12.9. The average molecular weight is 288 g/mol. The van der Waals surface area contributed by atoms with Gasteiger partial charge in [-0.1, -0.05) is 25.4 Å². The van der Waals surface area contributed by atoms with Gasteiger partial charge in [0.15, 0.2) is 0 Å². The Morgan fingerprint density at radius 3 is 2.74 bits per heavy atom. The highest BCUT2D eigenvalue weighted by molar-refractivity contribution is 6.33. The van der Waals surface area contributed by atoms with Gasteiger partial charge in [-0.15, -0.1) is 0 Å². The van der Waals surface area contributed by atoms with Crippen LogP contribution in [0.25, 0.3) is 0 Å². The Kier molecular flexibility index (Phi) is 5.76. The summed E-state index contributed by atoms with van der Waals surface area (Å²) in [6.07, 6.45) is 1.50. The molecule has 0 radical (unpaired) electrons. The summed E-state index contributed by atoms with van der Waals surface area (Å²) in [6.45, 7) is 4.63. The Labute approximate surface area is 117 Å². The number of amides is 1. The maximum Gasteiger partial charge on any atom is 0.252 e. The molecule has 0 atom stereocenters. The number of halogens is 2. The molecule has 5 heteroatoms. The standard InChI is InChI=1S/C14H19ClFNO2/c1-14(2,6-3-7-18)9-17-13(19)11-5-4-10(16)8-12(11)15/h4-5,8,18H,3,6-7,9H2,1-2H3,(H,17,19). The van der Waals surface area contributed by atoms with Crippen LogP contribution in [0.2, 0.25) is 5.02 Å². The van der Waals surface area contributed by atoms with Crippen LogP contribution < -0.4 is 5.32 Å². The zero-order chi connectivity index (χ0) is 14.5. The molecule has 1 aromatic carbocycles. The molecule has 0 fully saturated rings. The summed E-state index contributed by atoms with van der Waals surface area (Å²) in [4.78, 5) is 11.9. The molecule has 0 saturated carbocycles. The van der Waals surface area contributed by atoms with Crippen LogP contribution in [-0.2, 0) is 0 Å². The molecule has 0 spiro atoms. The van der Waals surface area contributed by atoms with Crippen LogP contribution in [0.5, 0.6) is 0 Å². The van der Waals surface area contributed by atoms with Crippen LogP contribution >= 0.6 is 11.6 Å². The highest BCUT2D eigenvalue weighted by Crippen LogP contribution is 2.22. The van der Waals surface area contributed by atoms with Gasteiger partial charge in [-0.2, -0.15) is 0 Å². The number of carbonyl (C=O) groups is 1. The van der Waals surface area contributed by atoms with E-state index in [0.29, 0.717) is 13.0 Å². The van der Waals surface area contributed by atoms with Crippen LogP contribution in [-0.4, -0.2) is 24.2 Å². The molecule has 1 aromatic rings. The molecule has 19 heavy (non-hydrogen) atoms. The van der Waals surface area contributed by atoms with Gasteiger partial charge in [-0.25, -0.2) is 4.39 Å². The monoisotopic (exact) mass is 287 g/mol. The normalized spacial score (nSPS) is 11.4. The van der Waals surface area contributed by atoms with Crippen molar-refractivity contribution in [3.63, 3.8) is 0 Å². The van der Waals surface area contributed by atoms with E-state index in [2.05, 4.69) is 5.32 Å². The lowest BCUT2D eigenvalue weighted by molar-refractivity contribution is 0.0933. The molecule has 106 valence electrons. The Bertz CT molecular complexity index is 449. The van der Waals surface area contributed by atoms with E-state index in [0.717, 1.165) is 12.5 Å². The van der Waals surface area contributed by atoms with E-state index in [1.165, 1.54) is 12.1 Å². The van der Waals surface area contributed by atoms with Gasteiger partial charge < -0.3 is 10.4 Å². The van der Waals surface area contributed by atoms with E-state index in [1.54, 1.807) is 0 Å². The van der Waals surface area contributed by atoms with Crippen molar-refractivity contribution in [1.29, 1.82) is 0 Å². The third-order valence-electron chi connectivity index (χ3n) is 2.91. The molecule has 1 amide bonds. The van der Waals surface area contributed by atoms with Gasteiger partial charge in [-0.3, -0.25) is 4.79 Å². The summed E-state index contributed by atoms with van der Waals surface area (Å²) in [7, 11) is 0. The van der Waals surface area contributed by atoms with Crippen molar-refractivity contribution in [2.75, 3.05) is 13.2 Å². The Morgan fingerprint density at radius 1 is 1.47 bits per heavy atom. The molecule has 1 rings (SSSR count). The van der Waals surface area contributed by atoms with Crippen molar-refractivity contribution in [3.05, 3.63) is 34.6 Å². The molecular weight excluding hydrogens is 269 g/mol. The zero-order valence-electron chi connectivity index (χ0n) is 11.2. The molecule has 0 saturated heterocycles. The lowest BCUT2D eigenvalue weighted by Crippen LogP contribution is -2.34. The smallest absolute Gasteiger partial charge is 0.252 e. The molecule has 0 aliphatic carbocycles. The number of aliphatic hydroxyl groups is 1. The third-order valence-corrected chi connectivity index (χ3v) is 3.23. The van der Waals surface area contributed by atoms with Gasteiger partial charge in [0.25, 0.3) is 5.91 Å². The van der Waals surface area contributed by atoms with Gasteiger partial charge in [-0.05, 0) is 36.5 Å². The number of carbonyl (C=O) groups excluding carboxylic acids is 1. The fourth-order valence-corrected chi connectivity index (χ4v) is 1.99. The molecular formula is C14H19ClFNO2. The van der Waals surface area contributed by atoms with Crippen LogP contribution in [0.15, 0.2) is 18.2 Å². The lowest BCUT2D eigenvalue weighted by Gasteiger charge is -2.24. The predicted octanol–water partition coefficient (Wildman–Crippen LogP) is 3.01. The molecule has 0 aliphatic heterocycles. The van der Waals surface area contributed by atoms with Crippen molar-refractivity contribution < 1.29 is 14.3 Å². The van der Waals surface area contributed by atoms with Crippen molar-refractivity contribution in [2.45, 2.75) is 26.7 Å². The van der Waals surface area contributed by atoms with E-state index < -0.39 is 5.82 Å². The quantitative estimate of drug-likeness (QED) is 0.845. The van der Waals surface area contributed by atoms with E-state index in [1.807, 2.05) is 13.8 Å². The van der Waals surface area contributed by atoms with Crippen molar-refractivity contribution in [1.82, 2.24) is 5.32 Å². The van der Waals surface area contributed by atoms with Crippen LogP contribution in [0.1, 0.15) is 37.0 Å². The zero-order valence-corrected chi connectivity index (χ0v) is 11.9. The Morgan fingerprint density at radius 2 is 2.16 bits per heavy atom. The second-order valence-electron chi connectivity index (χ2n) is 5.30. The first kappa shape index (κ1) is 15.9. The first-order valence-electron chi connectivity index (χ1n) is 6.20. The van der Waals surface area contributed by atoms with Gasteiger partial charge >= 0.3 is 0 Å². The van der Waals surface area contributed by atoms with Crippen LogP contribution in [0.3, 0.4) is 0 Å². The summed E-state index contributed by atoms with van der Waals surface area (Å²) < 4.78 is 12.9. The van der Waals surface area contributed by atoms with Crippen molar-refractivity contribution >= 4 is 17.5 Å². The second kappa shape index (κ2) is 6.87. The topological polar surface area (TPSA) is 49.3 Å². The SMILES string of the molecule is CC(C)(CCCO)CNC(=O)c1ccc(F)cc1Cl. The van der Waals surface area contributed by atoms with Crippen LogP contribution in [0, 0.1) is 11.2 Å². The average Bonchev–Trinajstić information content (AvgIpc) is 2.34. The van der Waals surface area contributed by atoms with Gasteiger partial charge in [0.05, 0.1) is 10.6 Å². The van der Waals surface area contributed by atoms with Crippen molar-refractivity contribution in [3.8, 4) is 0 Å². The third kappa shape index (κ3) is 5.17. The fraction of sp³-hybridized carbons (Fsp3) is 0.500. The van der Waals surface area contributed by atoms with Gasteiger partial charge in [0, 0.05) is 13.2 Å². The Balaban J connectivity index is 2.60.